The highest BCUT2D eigenvalue weighted by Gasteiger charge is 2.28. The second kappa shape index (κ2) is 7.21. The second-order valence-corrected chi connectivity index (χ2v) is 7.01. The minimum absolute atomic E-state index is 0.0605. The number of hydrogen-bond donors (Lipinski definition) is 2. The van der Waals surface area contributed by atoms with Crippen LogP contribution in [0.5, 0.6) is 0 Å². The number of rotatable bonds is 4. The Kier molecular flexibility index (Phi) is 4.58. The number of aliphatic hydroxyl groups excluding tert-OH is 1. The van der Waals surface area contributed by atoms with E-state index in [1.165, 1.54) is 24.5 Å². The zero-order valence-corrected chi connectivity index (χ0v) is 15.7. The molecular formula is C21H15N3O3S. The molecule has 28 heavy (non-hydrogen) atoms. The number of fused-ring (bicyclic) bond motifs is 1. The first-order chi connectivity index (χ1) is 13.5. The molecule has 2 N–H and O–H groups in total. The van der Waals surface area contributed by atoms with E-state index in [9.17, 15) is 14.7 Å². The quantitative estimate of drug-likeness (QED) is 0.636. The lowest BCUT2D eigenvalue weighted by Gasteiger charge is -2.02. The van der Waals surface area contributed by atoms with Crippen LogP contribution in [0.4, 0.5) is 10.8 Å². The fraction of sp³-hybridized carbons (Fsp3) is 0.0476. The van der Waals surface area contributed by atoms with Crippen molar-refractivity contribution in [3.63, 3.8) is 0 Å². The largest absolute Gasteiger partial charge is 0.506 e. The molecule has 1 heterocycles. The number of carbonyl (C=O) groups is 2. The number of allylic oxidation sites excluding steroid dienone is 1. The molecule has 3 aromatic rings. The third-order valence-electron chi connectivity index (χ3n) is 4.22. The molecule has 1 aliphatic rings. The zero-order chi connectivity index (χ0) is 19.7. The van der Waals surface area contributed by atoms with Gasteiger partial charge in [-0.15, -0.1) is 11.3 Å². The van der Waals surface area contributed by atoms with Crippen molar-refractivity contribution < 1.29 is 14.7 Å². The Morgan fingerprint density at radius 1 is 1.14 bits per heavy atom. The highest BCUT2D eigenvalue weighted by Crippen LogP contribution is 2.31. The maximum absolute atomic E-state index is 12.4. The van der Waals surface area contributed by atoms with E-state index in [1.807, 2.05) is 17.5 Å². The first-order valence-corrected chi connectivity index (χ1v) is 9.36. The lowest BCUT2D eigenvalue weighted by Crippen LogP contribution is -2.05. The molecule has 1 amide bonds. The van der Waals surface area contributed by atoms with Crippen molar-refractivity contribution in [2.24, 2.45) is 4.99 Å². The molecule has 7 heteroatoms. The number of aliphatic imine (C=N–C) groups is 1. The Balaban J connectivity index is 1.54. The van der Waals surface area contributed by atoms with Crippen LogP contribution < -0.4 is 5.32 Å². The highest BCUT2D eigenvalue weighted by atomic mass is 32.1. The fourth-order valence-electron chi connectivity index (χ4n) is 2.91. The van der Waals surface area contributed by atoms with E-state index in [0.717, 1.165) is 11.3 Å². The van der Waals surface area contributed by atoms with Crippen LogP contribution in [0.3, 0.4) is 0 Å². The van der Waals surface area contributed by atoms with Crippen molar-refractivity contribution in [2.75, 3.05) is 5.32 Å². The Morgan fingerprint density at radius 2 is 1.86 bits per heavy atom. The zero-order valence-electron chi connectivity index (χ0n) is 14.8. The molecule has 2 aromatic carbocycles. The van der Waals surface area contributed by atoms with Gasteiger partial charge in [-0.05, 0) is 12.1 Å². The van der Waals surface area contributed by atoms with Crippen LogP contribution in [-0.4, -0.2) is 28.0 Å². The van der Waals surface area contributed by atoms with Gasteiger partial charge in [-0.1, -0.05) is 36.4 Å². The van der Waals surface area contributed by atoms with E-state index in [-0.39, 0.29) is 23.0 Å². The summed E-state index contributed by atoms with van der Waals surface area (Å²) in [6.07, 6.45) is 1.36. The third kappa shape index (κ3) is 3.35. The molecule has 0 aliphatic heterocycles. The Bertz CT molecular complexity index is 1140. The summed E-state index contributed by atoms with van der Waals surface area (Å²) in [6.45, 7) is 1.46. The molecule has 4 rings (SSSR count). The summed E-state index contributed by atoms with van der Waals surface area (Å²) < 4.78 is 0. The standard InChI is InChI=1S/C21H15N3O3S/c1-12(25)23-14-8-6-13(7-9-14)18-11-28-21(24-18)22-10-17-19(26)15-4-2-3-5-16(15)20(17)27/h2-11,26H,1H3,(H,23,25). The van der Waals surface area contributed by atoms with Gasteiger partial charge in [0.2, 0.25) is 11.0 Å². The normalized spacial score (nSPS) is 13.2. The summed E-state index contributed by atoms with van der Waals surface area (Å²) in [7, 11) is 0. The van der Waals surface area contributed by atoms with Gasteiger partial charge in [0.25, 0.3) is 0 Å². The van der Waals surface area contributed by atoms with Gasteiger partial charge in [-0.2, -0.15) is 0 Å². The van der Waals surface area contributed by atoms with Crippen LogP contribution >= 0.6 is 11.3 Å². The first kappa shape index (κ1) is 17.8. The van der Waals surface area contributed by atoms with Crippen LogP contribution in [0.2, 0.25) is 0 Å². The maximum atomic E-state index is 12.4. The number of hydrogen-bond acceptors (Lipinski definition) is 6. The van der Waals surface area contributed by atoms with Gasteiger partial charge < -0.3 is 10.4 Å². The molecule has 138 valence electrons. The fourth-order valence-corrected chi connectivity index (χ4v) is 3.58. The Hall–Kier alpha value is -3.58. The Morgan fingerprint density at radius 3 is 2.54 bits per heavy atom. The number of anilines is 1. The highest BCUT2D eigenvalue weighted by molar-refractivity contribution is 7.13. The molecule has 0 radical (unpaired) electrons. The lowest BCUT2D eigenvalue weighted by molar-refractivity contribution is -0.114. The number of Topliss-reactive ketones (excluding diaryl/α,β-unsaturated/α-hetero) is 1. The number of carbonyl (C=O) groups excluding carboxylic acids is 2. The number of aromatic nitrogens is 1. The molecule has 0 bridgehead atoms. The monoisotopic (exact) mass is 389 g/mol. The number of aliphatic hydroxyl groups is 1. The molecule has 1 aliphatic carbocycles. The molecule has 0 saturated carbocycles. The molecular weight excluding hydrogens is 374 g/mol. The number of amides is 1. The van der Waals surface area contributed by atoms with Crippen LogP contribution in [0.15, 0.2) is 64.5 Å². The van der Waals surface area contributed by atoms with Gasteiger partial charge in [-0.25, -0.2) is 9.98 Å². The van der Waals surface area contributed by atoms with Gasteiger partial charge in [0.05, 0.1) is 11.3 Å². The second-order valence-electron chi connectivity index (χ2n) is 6.17. The average Bonchev–Trinajstić information content (AvgIpc) is 3.25. The minimum Gasteiger partial charge on any atom is -0.506 e. The molecule has 0 saturated heterocycles. The van der Waals surface area contributed by atoms with Gasteiger partial charge in [0, 0.05) is 40.9 Å². The van der Waals surface area contributed by atoms with E-state index < -0.39 is 0 Å². The van der Waals surface area contributed by atoms with Crippen LogP contribution in [-0.2, 0) is 4.79 Å². The van der Waals surface area contributed by atoms with Crippen molar-refractivity contribution in [3.8, 4) is 11.3 Å². The molecule has 1 aromatic heterocycles. The van der Waals surface area contributed by atoms with Gasteiger partial charge in [0.1, 0.15) is 5.76 Å². The summed E-state index contributed by atoms with van der Waals surface area (Å²) in [5.74, 6) is -0.434. The minimum atomic E-state index is -0.248. The van der Waals surface area contributed by atoms with Crippen molar-refractivity contribution in [2.45, 2.75) is 6.92 Å². The first-order valence-electron chi connectivity index (χ1n) is 8.48. The molecule has 0 spiro atoms. The Labute approximate surface area is 164 Å². The number of thiazole rings is 1. The van der Waals surface area contributed by atoms with Crippen LogP contribution in [0.1, 0.15) is 22.8 Å². The average molecular weight is 389 g/mol. The topological polar surface area (TPSA) is 91.6 Å². The van der Waals surface area contributed by atoms with E-state index in [4.69, 9.17) is 0 Å². The SMILES string of the molecule is CC(=O)Nc1ccc(-c2csc(N=CC3=C(O)c4ccccc4C3=O)n2)cc1. The van der Waals surface area contributed by atoms with Crippen molar-refractivity contribution >= 4 is 45.8 Å². The molecule has 0 fully saturated rings. The summed E-state index contributed by atoms with van der Waals surface area (Å²) in [5, 5.41) is 15.3. The number of benzene rings is 2. The third-order valence-corrected chi connectivity index (χ3v) is 4.97. The lowest BCUT2D eigenvalue weighted by atomic mass is 10.1. The number of nitrogens with one attached hydrogen (secondary N) is 1. The number of ketones is 1. The molecule has 0 unspecified atom stereocenters. The molecule has 6 nitrogen and oxygen atoms in total. The van der Waals surface area contributed by atoms with Gasteiger partial charge in [-0.3, -0.25) is 9.59 Å². The van der Waals surface area contributed by atoms with E-state index in [1.54, 1.807) is 36.4 Å². The van der Waals surface area contributed by atoms with E-state index in [0.29, 0.717) is 21.9 Å². The van der Waals surface area contributed by atoms with Crippen molar-refractivity contribution in [1.82, 2.24) is 4.98 Å². The number of nitrogens with zero attached hydrogens (tertiary/aromatic N) is 2. The maximum Gasteiger partial charge on any atom is 0.221 e. The van der Waals surface area contributed by atoms with Crippen molar-refractivity contribution in [1.29, 1.82) is 0 Å². The molecule has 0 atom stereocenters. The predicted molar refractivity (Wildman–Crippen MR) is 110 cm³/mol. The smallest absolute Gasteiger partial charge is 0.221 e. The van der Waals surface area contributed by atoms with Gasteiger partial charge in [0.15, 0.2) is 5.78 Å². The van der Waals surface area contributed by atoms with E-state index in [2.05, 4.69) is 15.3 Å². The summed E-state index contributed by atoms with van der Waals surface area (Å²) in [4.78, 5) is 32.2. The van der Waals surface area contributed by atoms with Crippen LogP contribution in [0.25, 0.3) is 17.0 Å². The summed E-state index contributed by atoms with van der Waals surface area (Å²) in [6, 6.07) is 14.2. The summed E-state index contributed by atoms with van der Waals surface area (Å²) >= 11 is 1.33. The summed E-state index contributed by atoms with van der Waals surface area (Å²) in [5.41, 5.74) is 3.50. The van der Waals surface area contributed by atoms with E-state index >= 15 is 0 Å². The predicted octanol–water partition coefficient (Wildman–Crippen LogP) is 4.64. The van der Waals surface area contributed by atoms with Gasteiger partial charge >= 0.3 is 0 Å². The van der Waals surface area contributed by atoms with Crippen molar-refractivity contribution in [3.05, 3.63) is 70.6 Å². The van der Waals surface area contributed by atoms with Crippen LogP contribution in [0, 0.1) is 0 Å².